The topological polar surface area (TPSA) is 40.5 Å². The monoisotopic (exact) mass is 307 g/mol. The van der Waals surface area contributed by atoms with Gasteiger partial charge in [0.05, 0.1) is 5.92 Å². The van der Waals surface area contributed by atoms with Crippen molar-refractivity contribution < 1.29 is 9.90 Å². The molecule has 1 N–H and O–H groups in total. The summed E-state index contributed by atoms with van der Waals surface area (Å²) in [5, 5.41) is 9.20. The van der Waals surface area contributed by atoms with Crippen molar-refractivity contribution in [1.82, 2.24) is 4.90 Å². The van der Waals surface area contributed by atoms with Gasteiger partial charge >= 0.3 is 5.97 Å². The summed E-state index contributed by atoms with van der Waals surface area (Å²) in [5.74, 6) is 0.655. The Morgan fingerprint density at radius 2 is 2.10 bits per heavy atom. The Morgan fingerprint density at radius 3 is 2.76 bits per heavy atom. The van der Waals surface area contributed by atoms with Crippen LogP contribution in [0.15, 0.2) is 23.1 Å². The lowest BCUT2D eigenvalue weighted by molar-refractivity contribution is -0.144. The van der Waals surface area contributed by atoms with Gasteiger partial charge in [-0.2, -0.15) is 0 Å². The second kappa shape index (κ2) is 7.32. The molecule has 2 rings (SSSR count). The molecule has 21 heavy (non-hydrogen) atoms. The standard InChI is InChI=1S/C17H25NO2S/c1-12-8-15(17(19)20)11-18(10-12)6-7-21-16-5-4-13(2)14(3)9-16/h4-5,9,12,15H,6-8,10-11H2,1-3H3,(H,19,20). The van der Waals surface area contributed by atoms with Gasteiger partial charge in [-0.15, -0.1) is 11.8 Å². The Morgan fingerprint density at radius 1 is 1.33 bits per heavy atom. The number of hydrogen-bond acceptors (Lipinski definition) is 3. The number of carboxylic acid groups (broad SMARTS) is 1. The summed E-state index contributed by atoms with van der Waals surface area (Å²) in [6, 6.07) is 6.58. The molecule has 0 radical (unpaired) electrons. The number of thioether (sulfide) groups is 1. The minimum atomic E-state index is -0.645. The molecule has 0 bridgehead atoms. The van der Waals surface area contributed by atoms with Gasteiger partial charge in [0.2, 0.25) is 0 Å². The van der Waals surface area contributed by atoms with Gasteiger partial charge in [0, 0.05) is 30.3 Å². The molecular formula is C17H25NO2S. The SMILES string of the molecule is Cc1ccc(SCCN2CC(C)CC(C(=O)O)C2)cc1C. The normalized spacial score (nSPS) is 23.2. The number of carbonyl (C=O) groups is 1. The van der Waals surface area contributed by atoms with E-state index in [1.54, 1.807) is 0 Å². The number of nitrogens with zero attached hydrogens (tertiary/aromatic N) is 1. The molecule has 1 aromatic carbocycles. The largest absolute Gasteiger partial charge is 0.481 e. The van der Waals surface area contributed by atoms with Crippen LogP contribution in [0, 0.1) is 25.7 Å². The van der Waals surface area contributed by atoms with Crippen molar-refractivity contribution >= 4 is 17.7 Å². The second-order valence-corrected chi connectivity index (χ2v) is 7.40. The van der Waals surface area contributed by atoms with Gasteiger partial charge in [0.15, 0.2) is 0 Å². The number of aryl methyl sites for hydroxylation is 2. The highest BCUT2D eigenvalue weighted by atomic mass is 32.2. The van der Waals surface area contributed by atoms with Crippen LogP contribution >= 0.6 is 11.8 Å². The van der Waals surface area contributed by atoms with Crippen LogP contribution < -0.4 is 0 Å². The highest BCUT2D eigenvalue weighted by Crippen LogP contribution is 2.24. The zero-order valence-corrected chi connectivity index (χ0v) is 13.9. The Kier molecular flexibility index (Phi) is 5.71. The van der Waals surface area contributed by atoms with Crippen molar-refractivity contribution in [2.24, 2.45) is 11.8 Å². The third-order valence-corrected chi connectivity index (χ3v) is 5.21. The molecule has 1 fully saturated rings. The molecule has 0 amide bonds. The Balaban J connectivity index is 1.82. The van der Waals surface area contributed by atoms with Gasteiger partial charge in [-0.1, -0.05) is 13.0 Å². The number of benzene rings is 1. The molecule has 1 aliphatic heterocycles. The molecule has 2 atom stereocenters. The smallest absolute Gasteiger partial charge is 0.307 e. The lowest BCUT2D eigenvalue weighted by Crippen LogP contribution is -2.43. The molecule has 2 unspecified atom stereocenters. The summed E-state index contributed by atoms with van der Waals surface area (Å²) in [4.78, 5) is 14.8. The van der Waals surface area contributed by atoms with Crippen LogP contribution in [0.5, 0.6) is 0 Å². The van der Waals surface area contributed by atoms with Crippen LogP contribution in [0.4, 0.5) is 0 Å². The van der Waals surface area contributed by atoms with Gasteiger partial charge in [-0.3, -0.25) is 4.79 Å². The average molecular weight is 307 g/mol. The van der Waals surface area contributed by atoms with Crippen molar-refractivity contribution in [1.29, 1.82) is 0 Å². The van der Waals surface area contributed by atoms with E-state index < -0.39 is 5.97 Å². The lowest BCUT2D eigenvalue weighted by Gasteiger charge is -2.34. The Hall–Kier alpha value is -1.00. The van der Waals surface area contributed by atoms with Crippen molar-refractivity contribution in [3.05, 3.63) is 29.3 Å². The van der Waals surface area contributed by atoms with E-state index >= 15 is 0 Å². The second-order valence-electron chi connectivity index (χ2n) is 6.23. The summed E-state index contributed by atoms with van der Waals surface area (Å²) in [6.07, 6.45) is 0.816. The van der Waals surface area contributed by atoms with E-state index in [-0.39, 0.29) is 5.92 Å². The summed E-state index contributed by atoms with van der Waals surface area (Å²) in [5.41, 5.74) is 2.66. The molecule has 3 nitrogen and oxygen atoms in total. The first kappa shape index (κ1) is 16.4. The fourth-order valence-electron chi connectivity index (χ4n) is 2.92. The van der Waals surface area contributed by atoms with Crippen molar-refractivity contribution in [2.45, 2.75) is 32.1 Å². The maximum atomic E-state index is 11.2. The number of carboxylic acids is 1. The molecule has 4 heteroatoms. The fourth-order valence-corrected chi connectivity index (χ4v) is 3.93. The first-order chi connectivity index (χ1) is 9.95. The van der Waals surface area contributed by atoms with Crippen molar-refractivity contribution in [2.75, 3.05) is 25.4 Å². The zero-order chi connectivity index (χ0) is 15.4. The summed E-state index contributed by atoms with van der Waals surface area (Å²) >= 11 is 1.86. The van der Waals surface area contributed by atoms with Crippen LogP contribution in [0.25, 0.3) is 0 Å². The number of likely N-dealkylation sites (tertiary alicyclic amines) is 1. The van der Waals surface area contributed by atoms with Crippen LogP contribution in [-0.2, 0) is 4.79 Å². The summed E-state index contributed by atoms with van der Waals surface area (Å²) < 4.78 is 0. The molecule has 1 heterocycles. The minimum Gasteiger partial charge on any atom is -0.481 e. The van der Waals surface area contributed by atoms with E-state index in [1.165, 1.54) is 16.0 Å². The lowest BCUT2D eigenvalue weighted by atomic mass is 9.90. The number of piperidine rings is 1. The van der Waals surface area contributed by atoms with Crippen LogP contribution in [-0.4, -0.2) is 41.4 Å². The van der Waals surface area contributed by atoms with Crippen LogP contribution in [0.2, 0.25) is 0 Å². The molecule has 0 aliphatic carbocycles. The Labute approximate surface area is 131 Å². The van der Waals surface area contributed by atoms with E-state index in [9.17, 15) is 9.90 Å². The molecule has 1 aromatic rings. The summed E-state index contributed by atoms with van der Waals surface area (Å²) in [7, 11) is 0. The third-order valence-electron chi connectivity index (χ3n) is 4.24. The Bertz CT molecular complexity index is 504. The highest BCUT2D eigenvalue weighted by Gasteiger charge is 2.28. The van der Waals surface area contributed by atoms with Gasteiger partial charge in [-0.05, 0) is 49.4 Å². The molecule has 0 spiro atoms. The zero-order valence-electron chi connectivity index (χ0n) is 13.1. The first-order valence-electron chi connectivity index (χ1n) is 7.61. The van der Waals surface area contributed by atoms with Crippen molar-refractivity contribution in [3.63, 3.8) is 0 Å². The predicted octanol–water partition coefficient (Wildman–Crippen LogP) is 3.44. The minimum absolute atomic E-state index is 0.194. The molecule has 1 aliphatic rings. The van der Waals surface area contributed by atoms with Crippen LogP contribution in [0.1, 0.15) is 24.5 Å². The molecular weight excluding hydrogens is 282 g/mol. The van der Waals surface area contributed by atoms with Crippen molar-refractivity contribution in [3.8, 4) is 0 Å². The summed E-state index contributed by atoms with van der Waals surface area (Å²) in [6.45, 7) is 9.11. The van der Waals surface area contributed by atoms with E-state index in [1.807, 2.05) is 11.8 Å². The maximum Gasteiger partial charge on any atom is 0.307 e. The number of rotatable bonds is 5. The number of hydrogen-bond donors (Lipinski definition) is 1. The predicted molar refractivity (Wildman–Crippen MR) is 88.0 cm³/mol. The van der Waals surface area contributed by atoms with E-state index in [4.69, 9.17) is 0 Å². The quantitative estimate of drug-likeness (QED) is 0.846. The van der Waals surface area contributed by atoms with Gasteiger partial charge in [0.25, 0.3) is 0 Å². The fraction of sp³-hybridized carbons (Fsp3) is 0.588. The average Bonchev–Trinajstić information content (AvgIpc) is 2.42. The molecule has 0 aromatic heterocycles. The van der Waals surface area contributed by atoms with Gasteiger partial charge in [0.1, 0.15) is 0 Å². The third kappa shape index (κ3) is 4.75. The maximum absolute atomic E-state index is 11.2. The highest BCUT2D eigenvalue weighted by molar-refractivity contribution is 7.99. The van der Waals surface area contributed by atoms with Gasteiger partial charge < -0.3 is 10.0 Å². The first-order valence-corrected chi connectivity index (χ1v) is 8.59. The van der Waals surface area contributed by atoms with E-state index in [0.717, 1.165) is 25.3 Å². The number of aliphatic carboxylic acids is 1. The molecule has 0 saturated carbocycles. The van der Waals surface area contributed by atoms with Gasteiger partial charge in [-0.25, -0.2) is 0 Å². The van der Waals surface area contributed by atoms with E-state index in [2.05, 4.69) is 43.9 Å². The van der Waals surface area contributed by atoms with E-state index in [0.29, 0.717) is 12.5 Å². The van der Waals surface area contributed by atoms with Crippen LogP contribution in [0.3, 0.4) is 0 Å². The molecule has 1 saturated heterocycles. The molecule has 116 valence electrons.